The fraction of sp³-hybridized carbons (Fsp3) is 0. The van der Waals surface area contributed by atoms with Crippen LogP contribution in [0, 0.1) is 0 Å². The van der Waals surface area contributed by atoms with Gasteiger partial charge in [0.2, 0.25) is 0 Å². The van der Waals surface area contributed by atoms with Crippen molar-refractivity contribution in [1.82, 2.24) is 19.9 Å². The van der Waals surface area contributed by atoms with Gasteiger partial charge in [0.25, 0.3) is 0 Å². The van der Waals surface area contributed by atoms with Gasteiger partial charge >= 0.3 is 0 Å². The van der Waals surface area contributed by atoms with E-state index in [-0.39, 0.29) is 0 Å². The number of aromatic amines is 2. The summed E-state index contributed by atoms with van der Waals surface area (Å²) in [5, 5.41) is 0. The third kappa shape index (κ3) is 3.35. The number of nitrogens with one attached hydrogen (secondary N) is 2. The second-order valence-electron chi connectivity index (χ2n) is 6.62. The van der Waals surface area contributed by atoms with Crippen LogP contribution in [0.2, 0.25) is 0 Å². The van der Waals surface area contributed by atoms with Crippen LogP contribution in [0.1, 0.15) is 22.8 Å². The minimum absolute atomic E-state index is 0.829. The predicted molar refractivity (Wildman–Crippen MR) is 116 cm³/mol. The molecule has 0 unspecified atom stereocenters. The summed E-state index contributed by atoms with van der Waals surface area (Å²) >= 11 is 0. The SMILES string of the molecule is C(=Cc1nc2cc3nc(C=Cc4ccccc4)[nH]c3cc2[nH]1)c1ccccc1. The fourth-order valence-electron chi connectivity index (χ4n) is 3.19. The zero-order chi connectivity index (χ0) is 18.8. The van der Waals surface area contributed by atoms with Crippen LogP contribution >= 0.6 is 0 Å². The van der Waals surface area contributed by atoms with Gasteiger partial charge in [-0.1, -0.05) is 72.8 Å². The molecule has 0 aliphatic heterocycles. The van der Waals surface area contributed by atoms with Crippen LogP contribution in [-0.4, -0.2) is 19.9 Å². The normalized spacial score (nSPS) is 12.0. The van der Waals surface area contributed by atoms with Crippen LogP contribution in [0.25, 0.3) is 46.4 Å². The average Bonchev–Trinajstić information content (AvgIpc) is 3.32. The number of fused-ring (bicyclic) bond motifs is 2. The first-order valence-corrected chi connectivity index (χ1v) is 9.19. The Morgan fingerprint density at radius 1 is 0.536 bits per heavy atom. The van der Waals surface area contributed by atoms with Crippen LogP contribution in [0.3, 0.4) is 0 Å². The predicted octanol–water partition coefficient (Wildman–Crippen LogP) is 5.78. The molecule has 0 spiro atoms. The summed E-state index contributed by atoms with van der Waals surface area (Å²) in [5.41, 5.74) is 6.08. The van der Waals surface area contributed by atoms with E-state index in [4.69, 9.17) is 0 Å². The molecule has 0 fully saturated rings. The zero-order valence-corrected chi connectivity index (χ0v) is 15.1. The number of hydrogen-bond donors (Lipinski definition) is 2. The topological polar surface area (TPSA) is 57.4 Å². The molecule has 0 aliphatic carbocycles. The van der Waals surface area contributed by atoms with E-state index in [2.05, 4.69) is 50.3 Å². The van der Waals surface area contributed by atoms with Gasteiger partial charge in [-0.15, -0.1) is 0 Å². The average molecular weight is 362 g/mol. The number of hydrogen-bond acceptors (Lipinski definition) is 2. The van der Waals surface area contributed by atoms with Gasteiger partial charge in [-0.25, -0.2) is 9.97 Å². The van der Waals surface area contributed by atoms with Gasteiger partial charge in [0.05, 0.1) is 22.1 Å². The highest BCUT2D eigenvalue weighted by atomic mass is 14.9. The summed E-state index contributed by atoms with van der Waals surface area (Å²) in [6.07, 6.45) is 8.08. The molecule has 4 heteroatoms. The third-order valence-corrected chi connectivity index (χ3v) is 4.59. The number of H-pyrrole nitrogens is 2. The monoisotopic (exact) mass is 362 g/mol. The van der Waals surface area contributed by atoms with E-state index < -0.39 is 0 Å². The van der Waals surface area contributed by atoms with Gasteiger partial charge < -0.3 is 9.97 Å². The third-order valence-electron chi connectivity index (χ3n) is 4.59. The number of imidazole rings is 2. The molecule has 5 rings (SSSR count). The maximum Gasteiger partial charge on any atom is 0.131 e. The molecule has 4 nitrogen and oxygen atoms in total. The van der Waals surface area contributed by atoms with Gasteiger partial charge in [0, 0.05) is 0 Å². The molecule has 0 bridgehead atoms. The fourth-order valence-corrected chi connectivity index (χ4v) is 3.19. The lowest BCUT2D eigenvalue weighted by Gasteiger charge is -1.90. The first-order valence-electron chi connectivity index (χ1n) is 9.19. The van der Waals surface area contributed by atoms with E-state index in [1.807, 2.05) is 66.8 Å². The Morgan fingerprint density at radius 2 is 1.00 bits per heavy atom. The molecule has 0 aliphatic rings. The Hall–Kier alpha value is -3.92. The Morgan fingerprint density at radius 3 is 1.46 bits per heavy atom. The lowest BCUT2D eigenvalue weighted by Crippen LogP contribution is -1.75. The van der Waals surface area contributed by atoms with E-state index in [0.29, 0.717) is 0 Å². The first kappa shape index (κ1) is 16.3. The molecule has 2 aromatic heterocycles. The highest BCUT2D eigenvalue weighted by Crippen LogP contribution is 2.21. The molecule has 0 radical (unpaired) electrons. The molecule has 5 aromatic rings. The first-order chi connectivity index (χ1) is 13.8. The van der Waals surface area contributed by atoms with Crippen molar-refractivity contribution in [1.29, 1.82) is 0 Å². The molecule has 0 saturated heterocycles. The van der Waals surface area contributed by atoms with E-state index >= 15 is 0 Å². The smallest absolute Gasteiger partial charge is 0.131 e. The highest BCUT2D eigenvalue weighted by molar-refractivity contribution is 5.93. The molecule has 2 heterocycles. The molecule has 28 heavy (non-hydrogen) atoms. The van der Waals surface area contributed by atoms with Crippen molar-refractivity contribution in [3.8, 4) is 0 Å². The van der Waals surface area contributed by atoms with Gasteiger partial charge in [0.1, 0.15) is 11.6 Å². The Labute approximate surface area is 162 Å². The summed E-state index contributed by atoms with van der Waals surface area (Å²) in [4.78, 5) is 16.1. The van der Waals surface area contributed by atoms with Gasteiger partial charge in [0.15, 0.2) is 0 Å². The lowest BCUT2D eigenvalue weighted by atomic mass is 10.2. The minimum Gasteiger partial charge on any atom is -0.338 e. The molecular weight excluding hydrogens is 344 g/mol. The van der Waals surface area contributed by atoms with Gasteiger partial charge in [-0.05, 0) is 35.4 Å². The summed E-state index contributed by atoms with van der Waals surface area (Å²) in [6.45, 7) is 0. The number of aromatic nitrogens is 4. The van der Waals surface area contributed by atoms with Crippen LogP contribution in [0.15, 0.2) is 72.8 Å². The second-order valence-corrected chi connectivity index (χ2v) is 6.62. The molecule has 0 amide bonds. The molecule has 0 saturated carbocycles. The Bertz CT molecular complexity index is 1140. The quantitative estimate of drug-likeness (QED) is 0.426. The number of nitrogens with zero attached hydrogens (tertiary/aromatic N) is 2. The van der Waals surface area contributed by atoms with Crippen molar-refractivity contribution in [3.63, 3.8) is 0 Å². The lowest BCUT2D eigenvalue weighted by molar-refractivity contribution is 1.28. The van der Waals surface area contributed by atoms with E-state index in [9.17, 15) is 0 Å². The molecule has 2 N–H and O–H groups in total. The summed E-state index contributed by atoms with van der Waals surface area (Å²) < 4.78 is 0. The zero-order valence-electron chi connectivity index (χ0n) is 15.1. The van der Waals surface area contributed by atoms with Crippen LogP contribution in [0.4, 0.5) is 0 Å². The summed E-state index contributed by atoms with van der Waals surface area (Å²) in [5.74, 6) is 1.66. The van der Waals surface area contributed by atoms with E-state index in [0.717, 1.165) is 44.8 Å². The second kappa shape index (κ2) is 7.00. The van der Waals surface area contributed by atoms with E-state index in [1.165, 1.54) is 0 Å². The minimum atomic E-state index is 0.829. The van der Waals surface area contributed by atoms with Gasteiger partial charge in [-0.3, -0.25) is 0 Å². The van der Waals surface area contributed by atoms with Crippen molar-refractivity contribution in [2.45, 2.75) is 0 Å². The maximum atomic E-state index is 4.67. The summed E-state index contributed by atoms with van der Waals surface area (Å²) in [7, 11) is 0. The molecule has 134 valence electrons. The summed E-state index contributed by atoms with van der Waals surface area (Å²) in [6, 6.07) is 24.5. The Kier molecular flexibility index (Phi) is 4.07. The largest absolute Gasteiger partial charge is 0.338 e. The number of rotatable bonds is 4. The molecule has 3 aromatic carbocycles. The molecule has 0 atom stereocenters. The Balaban J connectivity index is 1.44. The maximum absolute atomic E-state index is 4.67. The van der Waals surface area contributed by atoms with Crippen molar-refractivity contribution >= 4 is 46.4 Å². The van der Waals surface area contributed by atoms with Crippen molar-refractivity contribution in [2.75, 3.05) is 0 Å². The highest BCUT2D eigenvalue weighted by Gasteiger charge is 2.06. The van der Waals surface area contributed by atoms with E-state index in [1.54, 1.807) is 0 Å². The van der Waals surface area contributed by atoms with Gasteiger partial charge in [-0.2, -0.15) is 0 Å². The van der Waals surface area contributed by atoms with Crippen LogP contribution in [0.5, 0.6) is 0 Å². The van der Waals surface area contributed by atoms with Crippen molar-refractivity contribution < 1.29 is 0 Å². The van der Waals surface area contributed by atoms with Crippen molar-refractivity contribution in [2.24, 2.45) is 0 Å². The molecular formula is C24H18N4. The van der Waals surface area contributed by atoms with Crippen LogP contribution in [-0.2, 0) is 0 Å². The number of benzene rings is 3. The van der Waals surface area contributed by atoms with Crippen molar-refractivity contribution in [3.05, 3.63) is 95.6 Å². The van der Waals surface area contributed by atoms with Crippen LogP contribution < -0.4 is 0 Å². The standard InChI is InChI=1S/C24H18N4/c1-3-7-17(8-4-1)11-13-23-25-19-15-21-22(16-20(19)26-23)28-24(27-21)14-12-18-9-5-2-6-10-18/h1-16H,(H,25,26)(H,27,28).